The van der Waals surface area contributed by atoms with E-state index in [0.29, 0.717) is 18.0 Å². The summed E-state index contributed by atoms with van der Waals surface area (Å²) in [6.45, 7) is 0.598. The molecule has 2 rings (SSSR count). The van der Waals surface area contributed by atoms with Crippen LogP contribution in [-0.2, 0) is 16.6 Å². The standard InChI is InChI=1S/C19H25N3O5S/c1-22(14-15-6-4-5-7-18(15)27-3)19(23)20-12-13-21-28(24,25)17-10-8-16(26-2)9-11-17/h4-11,21H,12-14H2,1-3H3,(H,20,23). The molecule has 0 fully saturated rings. The minimum atomic E-state index is -3.65. The second-order valence-corrected chi connectivity index (χ2v) is 7.74. The van der Waals surface area contributed by atoms with Crippen molar-refractivity contribution in [1.29, 1.82) is 0 Å². The molecule has 0 aliphatic rings. The van der Waals surface area contributed by atoms with E-state index in [9.17, 15) is 13.2 Å². The van der Waals surface area contributed by atoms with Crippen LogP contribution < -0.4 is 19.5 Å². The molecule has 2 aromatic rings. The molecule has 0 aliphatic carbocycles. The zero-order chi connectivity index (χ0) is 20.6. The lowest BCUT2D eigenvalue weighted by atomic mass is 10.2. The van der Waals surface area contributed by atoms with Gasteiger partial charge in [-0.1, -0.05) is 18.2 Å². The number of urea groups is 1. The average Bonchev–Trinajstić information content (AvgIpc) is 2.71. The molecular formula is C19H25N3O5S. The summed E-state index contributed by atoms with van der Waals surface area (Å²) in [5, 5.41) is 2.68. The molecule has 0 saturated heterocycles. The summed E-state index contributed by atoms with van der Waals surface area (Å²) in [5.74, 6) is 1.28. The van der Waals surface area contributed by atoms with E-state index in [4.69, 9.17) is 9.47 Å². The van der Waals surface area contributed by atoms with Gasteiger partial charge in [-0.2, -0.15) is 0 Å². The van der Waals surface area contributed by atoms with E-state index in [0.717, 1.165) is 5.56 Å². The SMILES string of the molecule is COc1ccc(S(=O)(=O)NCCNC(=O)N(C)Cc2ccccc2OC)cc1. The number of ether oxygens (including phenoxy) is 2. The van der Waals surface area contributed by atoms with Crippen LogP contribution in [0.4, 0.5) is 4.79 Å². The molecule has 9 heteroatoms. The van der Waals surface area contributed by atoms with E-state index < -0.39 is 10.0 Å². The summed E-state index contributed by atoms with van der Waals surface area (Å²) in [6.07, 6.45) is 0. The van der Waals surface area contributed by atoms with Gasteiger partial charge in [0.2, 0.25) is 10.0 Å². The molecule has 28 heavy (non-hydrogen) atoms. The van der Waals surface area contributed by atoms with Gasteiger partial charge in [-0.15, -0.1) is 0 Å². The number of hydrogen-bond donors (Lipinski definition) is 2. The number of carbonyl (C=O) groups is 1. The number of rotatable bonds is 9. The molecule has 0 saturated carbocycles. The van der Waals surface area contributed by atoms with E-state index in [2.05, 4.69) is 10.0 Å². The zero-order valence-corrected chi connectivity index (χ0v) is 17.0. The van der Waals surface area contributed by atoms with Gasteiger partial charge in [0.25, 0.3) is 0 Å². The van der Waals surface area contributed by atoms with Crippen molar-refractivity contribution in [3.63, 3.8) is 0 Å². The predicted octanol–water partition coefficient (Wildman–Crippen LogP) is 1.82. The predicted molar refractivity (Wildman–Crippen MR) is 106 cm³/mol. The van der Waals surface area contributed by atoms with Crippen LogP contribution in [0.1, 0.15) is 5.56 Å². The smallest absolute Gasteiger partial charge is 0.317 e. The van der Waals surface area contributed by atoms with E-state index in [1.165, 1.54) is 24.1 Å². The topological polar surface area (TPSA) is 97.0 Å². The van der Waals surface area contributed by atoms with Crippen molar-refractivity contribution < 1.29 is 22.7 Å². The minimum absolute atomic E-state index is 0.0720. The Morgan fingerprint density at radius 2 is 1.68 bits per heavy atom. The Labute approximate surface area is 165 Å². The number of hydrogen-bond acceptors (Lipinski definition) is 5. The molecule has 152 valence electrons. The summed E-state index contributed by atoms with van der Waals surface area (Å²) in [6, 6.07) is 13.2. The van der Waals surface area contributed by atoms with Crippen molar-refractivity contribution in [1.82, 2.24) is 14.9 Å². The third kappa shape index (κ3) is 5.86. The maximum atomic E-state index is 12.2. The third-order valence-corrected chi connectivity index (χ3v) is 5.49. The van der Waals surface area contributed by atoms with Crippen molar-refractivity contribution in [2.45, 2.75) is 11.4 Å². The first-order chi connectivity index (χ1) is 13.4. The van der Waals surface area contributed by atoms with Crippen molar-refractivity contribution in [3.8, 4) is 11.5 Å². The maximum absolute atomic E-state index is 12.2. The highest BCUT2D eigenvalue weighted by Crippen LogP contribution is 2.18. The van der Waals surface area contributed by atoms with Crippen LogP contribution in [0.3, 0.4) is 0 Å². The van der Waals surface area contributed by atoms with Gasteiger partial charge < -0.3 is 19.7 Å². The number of para-hydroxylation sites is 1. The van der Waals surface area contributed by atoms with Gasteiger partial charge in [0, 0.05) is 25.7 Å². The number of nitrogens with one attached hydrogen (secondary N) is 2. The molecule has 0 bridgehead atoms. The first-order valence-electron chi connectivity index (χ1n) is 8.62. The molecular weight excluding hydrogens is 382 g/mol. The quantitative estimate of drug-likeness (QED) is 0.618. The van der Waals surface area contributed by atoms with Gasteiger partial charge in [0.1, 0.15) is 11.5 Å². The van der Waals surface area contributed by atoms with Crippen LogP contribution in [0, 0.1) is 0 Å². The normalized spacial score (nSPS) is 11.0. The van der Waals surface area contributed by atoms with E-state index >= 15 is 0 Å². The van der Waals surface area contributed by atoms with Gasteiger partial charge >= 0.3 is 6.03 Å². The fourth-order valence-corrected chi connectivity index (χ4v) is 3.52. The van der Waals surface area contributed by atoms with Crippen LogP contribution in [0.5, 0.6) is 11.5 Å². The lowest BCUT2D eigenvalue weighted by Crippen LogP contribution is -2.41. The van der Waals surface area contributed by atoms with Gasteiger partial charge in [0.15, 0.2) is 0 Å². The molecule has 0 heterocycles. The Kier molecular flexibility index (Phi) is 7.65. The molecule has 0 aromatic heterocycles. The van der Waals surface area contributed by atoms with Crippen LogP contribution >= 0.6 is 0 Å². The summed E-state index contributed by atoms with van der Waals surface area (Å²) < 4.78 is 37.2. The molecule has 2 aromatic carbocycles. The van der Waals surface area contributed by atoms with E-state index in [1.807, 2.05) is 24.3 Å². The highest BCUT2D eigenvalue weighted by molar-refractivity contribution is 7.89. The van der Waals surface area contributed by atoms with Crippen LogP contribution in [0.15, 0.2) is 53.4 Å². The summed E-state index contributed by atoms with van der Waals surface area (Å²) in [4.78, 5) is 13.8. The molecule has 0 unspecified atom stereocenters. The van der Waals surface area contributed by atoms with E-state index in [1.54, 1.807) is 26.3 Å². The number of amides is 2. The Bertz CT molecular complexity index is 885. The second kappa shape index (κ2) is 9.95. The maximum Gasteiger partial charge on any atom is 0.317 e. The fourth-order valence-electron chi connectivity index (χ4n) is 2.49. The molecule has 2 N–H and O–H groups in total. The van der Waals surface area contributed by atoms with Gasteiger partial charge in [0.05, 0.1) is 25.7 Å². The first-order valence-corrected chi connectivity index (χ1v) is 10.1. The largest absolute Gasteiger partial charge is 0.497 e. The summed E-state index contributed by atoms with van der Waals surface area (Å²) in [7, 11) is 1.09. The molecule has 8 nitrogen and oxygen atoms in total. The highest BCUT2D eigenvalue weighted by atomic mass is 32.2. The third-order valence-electron chi connectivity index (χ3n) is 4.01. The van der Waals surface area contributed by atoms with Crippen molar-refractivity contribution in [2.24, 2.45) is 0 Å². The second-order valence-electron chi connectivity index (χ2n) is 5.97. The lowest BCUT2D eigenvalue weighted by Gasteiger charge is -2.19. The Hall–Kier alpha value is -2.78. The summed E-state index contributed by atoms with van der Waals surface area (Å²) in [5.41, 5.74) is 0.878. The minimum Gasteiger partial charge on any atom is -0.497 e. The Morgan fingerprint density at radius 1 is 1.00 bits per heavy atom. The molecule has 0 atom stereocenters. The van der Waals surface area contributed by atoms with Crippen molar-refractivity contribution in [3.05, 3.63) is 54.1 Å². The van der Waals surface area contributed by atoms with Crippen LogP contribution in [0.2, 0.25) is 0 Å². The Morgan fingerprint density at radius 3 is 2.32 bits per heavy atom. The van der Waals surface area contributed by atoms with Crippen molar-refractivity contribution >= 4 is 16.1 Å². The first kappa shape index (κ1) is 21.5. The van der Waals surface area contributed by atoms with E-state index in [-0.39, 0.29) is 24.0 Å². The molecule has 0 spiro atoms. The molecule has 2 amide bonds. The number of benzene rings is 2. The number of carbonyl (C=O) groups excluding carboxylic acids is 1. The number of nitrogens with zero attached hydrogens (tertiary/aromatic N) is 1. The molecule has 0 aliphatic heterocycles. The fraction of sp³-hybridized carbons (Fsp3) is 0.316. The van der Waals surface area contributed by atoms with Gasteiger partial charge in [-0.05, 0) is 30.3 Å². The number of sulfonamides is 1. The highest BCUT2D eigenvalue weighted by Gasteiger charge is 2.14. The van der Waals surface area contributed by atoms with Gasteiger partial charge in [-0.25, -0.2) is 17.9 Å². The van der Waals surface area contributed by atoms with Crippen LogP contribution in [-0.4, -0.2) is 53.7 Å². The zero-order valence-electron chi connectivity index (χ0n) is 16.1. The van der Waals surface area contributed by atoms with Crippen molar-refractivity contribution in [2.75, 3.05) is 34.4 Å². The van der Waals surface area contributed by atoms with Crippen LogP contribution in [0.25, 0.3) is 0 Å². The van der Waals surface area contributed by atoms with Gasteiger partial charge in [-0.3, -0.25) is 0 Å². The average molecular weight is 407 g/mol. The number of methoxy groups -OCH3 is 2. The lowest BCUT2D eigenvalue weighted by molar-refractivity contribution is 0.206. The monoisotopic (exact) mass is 407 g/mol. The summed E-state index contributed by atoms with van der Waals surface area (Å²) >= 11 is 0. The Balaban J connectivity index is 1.81. The molecule has 0 radical (unpaired) electrons.